The van der Waals surface area contributed by atoms with Gasteiger partial charge in [-0.05, 0) is 36.0 Å². The molecular formula is C12H15FN2O2S. The van der Waals surface area contributed by atoms with Gasteiger partial charge >= 0.3 is 0 Å². The Morgan fingerprint density at radius 2 is 2.11 bits per heavy atom. The molecule has 1 aliphatic heterocycles. The number of rotatable bonds is 4. The molecule has 1 heterocycles. The SMILES string of the molecule is O=[N+]([O-])c1cc(F)cc(CNC2CCSCC2)c1. The highest BCUT2D eigenvalue weighted by Gasteiger charge is 2.14. The number of nitrogens with one attached hydrogen (secondary N) is 1. The molecule has 0 aliphatic carbocycles. The van der Waals surface area contributed by atoms with Crippen LogP contribution in [0.4, 0.5) is 10.1 Å². The van der Waals surface area contributed by atoms with Crippen molar-refractivity contribution in [3.63, 3.8) is 0 Å². The minimum Gasteiger partial charge on any atom is -0.310 e. The Bertz CT molecular complexity index is 436. The van der Waals surface area contributed by atoms with Gasteiger partial charge in [0, 0.05) is 18.7 Å². The Labute approximate surface area is 109 Å². The molecule has 1 aromatic rings. The van der Waals surface area contributed by atoms with Crippen LogP contribution in [0, 0.1) is 15.9 Å². The fourth-order valence-electron chi connectivity index (χ4n) is 2.00. The van der Waals surface area contributed by atoms with Crippen molar-refractivity contribution in [3.05, 3.63) is 39.7 Å². The van der Waals surface area contributed by atoms with E-state index in [0.29, 0.717) is 18.2 Å². The highest BCUT2D eigenvalue weighted by Crippen LogP contribution is 2.19. The fourth-order valence-corrected chi connectivity index (χ4v) is 3.11. The molecule has 0 spiro atoms. The van der Waals surface area contributed by atoms with Crippen LogP contribution in [0.1, 0.15) is 18.4 Å². The summed E-state index contributed by atoms with van der Waals surface area (Å²) in [4.78, 5) is 10.1. The summed E-state index contributed by atoms with van der Waals surface area (Å²) in [5.41, 5.74) is 0.436. The lowest BCUT2D eigenvalue weighted by atomic mass is 10.1. The first-order valence-corrected chi connectivity index (χ1v) is 7.05. The summed E-state index contributed by atoms with van der Waals surface area (Å²) >= 11 is 1.94. The van der Waals surface area contributed by atoms with Crippen LogP contribution in [0.15, 0.2) is 18.2 Å². The van der Waals surface area contributed by atoms with E-state index in [1.807, 2.05) is 11.8 Å². The second-order valence-electron chi connectivity index (χ2n) is 4.34. The first-order valence-electron chi connectivity index (χ1n) is 5.90. The highest BCUT2D eigenvalue weighted by molar-refractivity contribution is 7.99. The topological polar surface area (TPSA) is 55.2 Å². The summed E-state index contributed by atoms with van der Waals surface area (Å²) in [5.74, 6) is 1.72. The first-order chi connectivity index (χ1) is 8.65. The standard InChI is InChI=1S/C12H15FN2O2S/c13-10-5-9(6-12(7-10)15(16)17)8-14-11-1-3-18-4-2-11/h5-7,11,14H,1-4,8H2. The van der Waals surface area contributed by atoms with Crippen LogP contribution in [-0.2, 0) is 6.54 Å². The second kappa shape index (κ2) is 6.15. The van der Waals surface area contributed by atoms with Crippen LogP contribution in [-0.4, -0.2) is 22.5 Å². The quantitative estimate of drug-likeness (QED) is 0.675. The molecule has 0 radical (unpaired) electrons. The van der Waals surface area contributed by atoms with Crippen molar-refractivity contribution in [1.29, 1.82) is 0 Å². The number of hydrogen-bond donors (Lipinski definition) is 1. The summed E-state index contributed by atoms with van der Waals surface area (Å²) in [7, 11) is 0. The molecule has 18 heavy (non-hydrogen) atoms. The maximum Gasteiger partial charge on any atom is 0.272 e. The molecule has 6 heteroatoms. The molecule has 1 N–H and O–H groups in total. The van der Waals surface area contributed by atoms with E-state index in [1.54, 1.807) is 0 Å². The number of non-ortho nitro benzene ring substituents is 1. The molecule has 1 saturated heterocycles. The molecule has 0 bridgehead atoms. The monoisotopic (exact) mass is 270 g/mol. The van der Waals surface area contributed by atoms with Gasteiger partial charge in [-0.2, -0.15) is 11.8 Å². The van der Waals surface area contributed by atoms with Crippen LogP contribution >= 0.6 is 11.8 Å². The number of hydrogen-bond acceptors (Lipinski definition) is 4. The lowest BCUT2D eigenvalue weighted by molar-refractivity contribution is -0.385. The average molecular weight is 270 g/mol. The van der Waals surface area contributed by atoms with E-state index in [2.05, 4.69) is 5.32 Å². The van der Waals surface area contributed by atoms with Gasteiger partial charge < -0.3 is 5.32 Å². The van der Waals surface area contributed by atoms with Crippen LogP contribution < -0.4 is 5.32 Å². The molecule has 4 nitrogen and oxygen atoms in total. The molecule has 1 fully saturated rings. The molecule has 0 amide bonds. The van der Waals surface area contributed by atoms with E-state index >= 15 is 0 Å². The van der Waals surface area contributed by atoms with Crippen molar-refractivity contribution in [2.24, 2.45) is 0 Å². The molecule has 1 aromatic carbocycles. The molecular weight excluding hydrogens is 255 g/mol. The minimum absolute atomic E-state index is 0.189. The number of nitro groups is 1. The van der Waals surface area contributed by atoms with Crippen molar-refractivity contribution >= 4 is 17.4 Å². The van der Waals surface area contributed by atoms with Gasteiger partial charge in [-0.25, -0.2) is 4.39 Å². The Balaban J connectivity index is 1.97. The van der Waals surface area contributed by atoms with Gasteiger partial charge in [0.05, 0.1) is 11.0 Å². The van der Waals surface area contributed by atoms with Crippen molar-refractivity contribution in [3.8, 4) is 0 Å². The van der Waals surface area contributed by atoms with E-state index in [0.717, 1.165) is 30.4 Å². The van der Waals surface area contributed by atoms with Crippen molar-refractivity contribution in [2.45, 2.75) is 25.4 Å². The van der Waals surface area contributed by atoms with Crippen LogP contribution in [0.3, 0.4) is 0 Å². The van der Waals surface area contributed by atoms with E-state index in [4.69, 9.17) is 0 Å². The van der Waals surface area contributed by atoms with Gasteiger partial charge in [-0.15, -0.1) is 0 Å². The van der Waals surface area contributed by atoms with Gasteiger partial charge in [0.1, 0.15) is 5.82 Å². The molecule has 0 saturated carbocycles. The predicted molar refractivity (Wildman–Crippen MR) is 70.2 cm³/mol. The van der Waals surface area contributed by atoms with E-state index in [1.165, 1.54) is 12.1 Å². The summed E-state index contributed by atoms with van der Waals surface area (Å²) in [5, 5.41) is 14.0. The third-order valence-corrected chi connectivity index (χ3v) is 4.02. The molecule has 2 rings (SSSR count). The molecule has 0 atom stereocenters. The fraction of sp³-hybridized carbons (Fsp3) is 0.500. The zero-order chi connectivity index (χ0) is 13.0. The predicted octanol–water partition coefficient (Wildman–Crippen LogP) is 2.72. The Hall–Kier alpha value is -1.14. The second-order valence-corrected chi connectivity index (χ2v) is 5.57. The van der Waals surface area contributed by atoms with Gasteiger partial charge in [-0.3, -0.25) is 10.1 Å². The Morgan fingerprint density at radius 3 is 2.78 bits per heavy atom. The Morgan fingerprint density at radius 1 is 1.39 bits per heavy atom. The van der Waals surface area contributed by atoms with Crippen molar-refractivity contribution in [1.82, 2.24) is 5.32 Å². The van der Waals surface area contributed by atoms with Crippen LogP contribution in [0.25, 0.3) is 0 Å². The maximum absolute atomic E-state index is 13.2. The normalized spacial score (nSPS) is 16.7. The summed E-state index contributed by atoms with van der Waals surface area (Å²) in [6, 6.07) is 4.15. The zero-order valence-electron chi connectivity index (χ0n) is 9.89. The lowest BCUT2D eigenvalue weighted by Crippen LogP contribution is -2.32. The van der Waals surface area contributed by atoms with Gasteiger partial charge in [-0.1, -0.05) is 0 Å². The Kier molecular flexibility index (Phi) is 4.54. The summed E-state index contributed by atoms with van der Waals surface area (Å²) in [6.07, 6.45) is 2.20. The zero-order valence-corrected chi connectivity index (χ0v) is 10.7. The van der Waals surface area contributed by atoms with Gasteiger partial charge in [0.2, 0.25) is 0 Å². The number of thioether (sulfide) groups is 1. The van der Waals surface area contributed by atoms with Crippen molar-refractivity contribution in [2.75, 3.05) is 11.5 Å². The maximum atomic E-state index is 13.2. The largest absolute Gasteiger partial charge is 0.310 e. The lowest BCUT2D eigenvalue weighted by Gasteiger charge is -2.22. The van der Waals surface area contributed by atoms with E-state index in [9.17, 15) is 14.5 Å². The smallest absolute Gasteiger partial charge is 0.272 e. The van der Waals surface area contributed by atoms with Crippen molar-refractivity contribution < 1.29 is 9.31 Å². The molecule has 1 aliphatic rings. The molecule has 0 unspecified atom stereocenters. The van der Waals surface area contributed by atoms with Gasteiger partial charge in [0.25, 0.3) is 5.69 Å². The number of benzene rings is 1. The number of nitrogens with zero attached hydrogens (tertiary/aromatic N) is 1. The van der Waals surface area contributed by atoms with E-state index in [-0.39, 0.29) is 5.69 Å². The highest BCUT2D eigenvalue weighted by atomic mass is 32.2. The molecule has 0 aromatic heterocycles. The first kappa shape index (κ1) is 13.3. The summed E-state index contributed by atoms with van der Waals surface area (Å²) in [6.45, 7) is 0.480. The number of halogens is 1. The summed E-state index contributed by atoms with van der Waals surface area (Å²) < 4.78 is 13.2. The number of nitro benzene ring substituents is 1. The third kappa shape index (κ3) is 3.68. The third-order valence-electron chi connectivity index (χ3n) is 2.97. The van der Waals surface area contributed by atoms with Gasteiger partial charge in [0.15, 0.2) is 0 Å². The minimum atomic E-state index is -0.566. The van der Waals surface area contributed by atoms with E-state index < -0.39 is 10.7 Å². The van der Waals surface area contributed by atoms with Crippen LogP contribution in [0.2, 0.25) is 0 Å². The van der Waals surface area contributed by atoms with Crippen LogP contribution in [0.5, 0.6) is 0 Å². The molecule has 98 valence electrons. The average Bonchev–Trinajstić information content (AvgIpc) is 2.37.